The van der Waals surface area contributed by atoms with E-state index in [1.165, 1.54) is 0 Å². The second-order valence-corrected chi connectivity index (χ2v) is 4.14. The van der Waals surface area contributed by atoms with Gasteiger partial charge in [-0.25, -0.2) is 0 Å². The quantitative estimate of drug-likeness (QED) is 0.682. The number of rotatable bonds is 2. The Morgan fingerprint density at radius 1 is 1.57 bits per heavy atom. The van der Waals surface area contributed by atoms with Crippen molar-refractivity contribution < 1.29 is 19.4 Å². The molecular weight excluding hydrogens is 184 g/mol. The zero-order valence-electron chi connectivity index (χ0n) is 8.69. The molecule has 0 aliphatic carbocycles. The molecule has 4 heteroatoms. The van der Waals surface area contributed by atoms with Crippen LogP contribution < -0.4 is 0 Å². The fourth-order valence-corrected chi connectivity index (χ4v) is 1.89. The fraction of sp³-hybridized carbons (Fsp3) is 0.800. The Kier molecular flexibility index (Phi) is 3.13. The molecule has 0 spiro atoms. The molecule has 4 nitrogen and oxygen atoms in total. The standard InChI is InChI=1S/C10H16O4/c1-5-4-6(2)10(13)14-8(5)7(3)9(11)12/h5-8H,4H2,1-3H3,(H,11,12)/t5-,6+,7-,8-/m1/s1. The highest BCUT2D eigenvalue weighted by molar-refractivity contribution is 5.75. The fourth-order valence-electron chi connectivity index (χ4n) is 1.89. The number of hydrogen-bond donors (Lipinski definition) is 1. The summed E-state index contributed by atoms with van der Waals surface area (Å²) >= 11 is 0. The van der Waals surface area contributed by atoms with Crippen molar-refractivity contribution in [1.82, 2.24) is 0 Å². The summed E-state index contributed by atoms with van der Waals surface area (Å²) < 4.78 is 5.11. The van der Waals surface area contributed by atoms with Gasteiger partial charge >= 0.3 is 11.9 Å². The van der Waals surface area contributed by atoms with Crippen molar-refractivity contribution in [1.29, 1.82) is 0 Å². The SMILES string of the molecule is C[C@@H]1C[C@H](C)C(=O)O[C@H]1[C@@H](C)C(=O)O. The van der Waals surface area contributed by atoms with Gasteiger partial charge in [0.2, 0.25) is 0 Å². The molecule has 0 unspecified atom stereocenters. The summed E-state index contributed by atoms with van der Waals surface area (Å²) in [5.74, 6) is -1.80. The number of esters is 1. The minimum absolute atomic E-state index is 0.109. The lowest BCUT2D eigenvalue weighted by Crippen LogP contribution is -2.42. The van der Waals surface area contributed by atoms with Gasteiger partial charge in [-0.15, -0.1) is 0 Å². The average molecular weight is 200 g/mol. The number of carbonyl (C=O) groups is 2. The van der Waals surface area contributed by atoms with Gasteiger partial charge in [-0.05, 0) is 19.3 Å². The molecule has 1 fully saturated rings. The largest absolute Gasteiger partial charge is 0.481 e. The van der Waals surface area contributed by atoms with E-state index in [4.69, 9.17) is 9.84 Å². The first-order valence-electron chi connectivity index (χ1n) is 4.86. The number of carboxylic acid groups (broad SMARTS) is 1. The van der Waals surface area contributed by atoms with Gasteiger partial charge in [-0.1, -0.05) is 13.8 Å². The Balaban J connectivity index is 2.70. The van der Waals surface area contributed by atoms with Crippen LogP contribution >= 0.6 is 0 Å². The number of carboxylic acids is 1. The van der Waals surface area contributed by atoms with E-state index >= 15 is 0 Å². The Morgan fingerprint density at radius 3 is 2.64 bits per heavy atom. The zero-order valence-corrected chi connectivity index (χ0v) is 8.69. The minimum atomic E-state index is -0.913. The third-order valence-electron chi connectivity index (χ3n) is 2.82. The lowest BCUT2D eigenvalue weighted by atomic mass is 9.84. The minimum Gasteiger partial charge on any atom is -0.481 e. The summed E-state index contributed by atoms with van der Waals surface area (Å²) in [7, 11) is 0. The molecule has 1 heterocycles. The zero-order chi connectivity index (χ0) is 10.9. The van der Waals surface area contributed by atoms with Gasteiger partial charge < -0.3 is 9.84 Å². The average Bonchev–Trinajstić information content (AvgIpc) is 2.10. The Hall–Kier alpha value is -1.06. The van der Waals surface area contributed by atoms with Crippen LogP contribution in [0.15, 0.2) is 0 Å². The number of cyclic esters (lactones) is 1. The van der Waals surface area contributed by atoms with Gasteiger partial charge in [0, 0.05) is 0 Å². The third-order valence-corrected chi connectivity index (χ3v) is 2.82. The third kappa shape index (κ3) is 2.05. The Morgan fingerprint density at radius 2 is 2.14 bits per heavy atom. The van der Waals surface area contributed by atoms with Crippen LogP contribution in [0.25, 0.3) is 0 Å². The molecular formula is C10H16O4. The van der Waals surface area contributed by atoms with Crippen molar-refractivity contribution in [3.8, 4) is 0 Å². The maximum atomic E-state index is 11.3. The second kappa shape index (κ2) is 3.98. The molecule has 1 rings (SSSR count). The number of hydrogen-bond acceptors (Lipinski definition) is 3. The van der Waals surface area contributed by atoms with Gasteiger partial charge in [0.25, 0.3) is 0 Å². The predicted molar refractivity (Wildman–Crippen MR) is 49.6 cm³/mol. The maximum absolute atomic E-state index is 11.3. The number of carbonyl (C=O) groups excluding carboxylic acids is 1. The first kappa shape index (κ1) is 11.0. The first-order valence-corrected chi connectivity index (χ1v) is 4.86. The molecule has 1 aliphatic heterocycles. The normalized spacial score (nSPS) is 34.8. The molecule has 0 aromatic heterocycles. The molecule has 0 saturated carbocycles. The summed E-state index contributed by atoms with van der Waals surface area (Å²) in [6.45, 7) is 5.31. The van der Waals surface area contributed by atoms with Gasteiger partial charge in [0.1, 0.15) is 6.10 Å². The molecule has 0 amide bonds. The van der Waals surface area contributed by atoms with Gasteiger partial charge in [0.05, 0.1) is 11.8 Å². The topological polar surface area (TPSA) is 63.6 Å². The Labute approximate surface area is 83.2 Å². The van der Waals surface area contributed by atoms with Crippen LogP contribution in [0.3, 0.4) is 0 Å². The van der Waals surface area contributed by atoms with E-state index < -0.39 is 18.0 Å². The molecule has 1 N–H and O–H groups in total. The highest BCUT2D eigenvalue weighted by Crippen LogP contribution is 2.29. The van der Waals surface area contributed by atoms with Gasteiger partial charge in [-0.3, -0.25) is 9.59 Å². The lowest BCUT2D eigenvalue weighted by molar-refractivity contribution is -0.172. The van der Waals surface area contributed by atoms with E-state index in [-0.39, 0.29) is 17.8 Å². The molecule has 0 radical (unpaired) electrons. The Bertz CT molecular complexity index is 249. The van der Waals surface area contributed by atoms with Crippen molar-refractivity contribution in [2.45, 2.75) is 33.3 Å². The number of aliphatic carboxylic acids is 1. The van der Waals surface area contributed by atoms with E-state index in [1.54, 1.807) is 13.8 Å². The summed E-state index contributed by atoms with van der Waals surface area (Å²) in [4.78, 5) is 22.0. The van der Waals surface area contributed by atoms with E-state index in [2.05, 4.69) is 0 Å². The van der Waals surface area contributed by atoms with Gasteiger partial charge in [-0.2, -0.15) is 0 Å². The maximum Gasteiger partial charge on any atom is 0.309 e. The molecule has 4 atom stereocenters. The van der Waals surface area contributed by atoms with Crippen LogP contribution in [0.2, 0.25) is 0 Å². The van der Waals surface area contributed by atoms with Crippen LogP contribution in [0.4, 0.5) is 0 Å². The van der Waals surface area contributed by atoms with Crippen molar-refractivity contribution >= 4 is 11.9 Å². The highest BCUT2D eigenvalue weighted by Gasteiger charge is 2.38. The van der Waals surface area contributed by atoms with Crippen molar-refractivity contribution in [2.75, 3.05) is 0 Å². The van der Waals surface area contributed by atoms with Gasteiger partial charge in [0.15, 0.2) is 0 Å². The van der Waals surface area contributed by atoms with Crippen LogP contribution in [0, 0.1) is 17.8 Å². The lowest BCUT2D eigenvalue weighted by Gasteiger charge is -2.34. The molecule has 1 aliphatic rings. The summed E-state index contributed by atoms with van der Waals surface area (Å²) in [5.41, 5.74) is 0. The summed E-state index contributed by atoms with van der Waals surface area (Å²) in [6.07, 6.45) is 0.234. The summed E-state index contributed by atoms with van der Waals surface area (Å²) in [6, 6.07) is 0. The second-order valence-electron chi connectivity index (χ2n) is 4.14. The molecule has 0 bridgehead atoms. The van der Waals surface area contributed by atoms with Crippen molar-refractivity contribution in [3.63, 3.8) is 0 Å². The predicted octanol–water partition coefficient (Wildman–Crippen LogP) is 1.29. The van der Waals surface area contributed by atoms with E-state index in [0.717, 1.165) is 0 Å². The van der Waals surface area contributed by atoms with Crippen LogP contribution in [-0.4, -0.2) is 23.1 Å². The van der Waals surface area contributed by atoms with Crippen LogP contribution in [0.5, 0.6) is 0 Å². The molecule has 0 aromatic carbocycles. The molecule has 0 aromatic rings. The van der Waals surface area contributed by atoms with E-state index in [9.17, 15) is 9.59 Å². The smallest absolute Gasteiger partial charge is 0.309 e. The van der Waals surface area contributed by atoms with Crippen LogP contribution in [-0.2, 0) is 14.3 Å². The van der Waals surface area contributed by atoms with E-state index in [0.29, 0.717) is 6.42 Å². The van der Waals surface area contributed by atoms with Crippen molar-refractivity contribution in [2.24, 2.45) is 17.8 Å². The number of ether oxygens (including phenoxy) is 1. The molecule has 80 valence electrons. The first-order chi connectivity index (χ1) is 6.43. The van der Waals surface area contributed by atoms with Crippen molar-refractivity contribution in [3.05, 3.63) is 0 Å². The highest BCUT2D eigenvalue weighted by atomic mass is 16.5. The monoisotopic (exact) mass is 200 g/mol. The molecule has 14 heavy (non-hydrogen) atoms. The van der Waals surface area contributed by atoms with Crippen LogP contribution in [0.1, 0.15) is 27.2 Å². The molecule has 1 saturated heterocycles. The summed E-state index contributed by atoms with van der Waals surface area (Å²) in [5, 5.41) is 8.81. The van der Waals surface area contributed by atoms with E-state index in [1.807, 2.05) is 6.92 Å².